The van der Waals surface area contributed by atoms with Crippen LogP contribution < -0.4 is 14.3 Å². The predicted molar refractivity (Wildman–Crippen MR) is 152 cm³/mol. The van der Waals surface area contributed by atoms with Crippen molar-refractivity contribution in [1.82, 2.24) is 24.9 Å². The smallest absolute Gasteiger partial charge is 0.222 e. The van der Waals surface area contributed by atoms with Gasteiger partial charge < -0.3 is 5.32 Å². The molecule has 0 saturated heterocycles. The number of rotatable bonds is 6. The maximum absolute atomic E-state index is 11.1. The maximum atomic E-state index is 11.1. The summed E-state index contributed by atoms with van der Waals surface area (Å²) in [7, 11) is 0. The van der Waals surface area contributed by atoms with E-state index in [1.807, 2.05) is 18.3 Å². The molecule has 5 rings (SSSR count). The minimum Gasteiger partial charge on any atom is -0.311 e. The zero-order chi connectivity index (χ0) is 27.3. The third-order valence-corrected chi connectivity index (χ3v) is 11.1. The van der Waals surface area contributed by atoms with Crippen molar-refractivity contribution in [2.75, 3.05) is 10.6 Å². The first kappa shape index (κ1) is 27.6. The van der Waals surface area contributed by atoms with Crippen LogP contribution in [0.5, 0.6) is 0 Å². The van der Waals surface area contributed by atoms with Gasteiger partial charge in [0.1, 0.15) is 12.1 Å². The average Bonchev–Trinajstić information content (AvgIpc) is 3.69. The molecule has 0 aliphatic heterocycles. The van der Waals surface area contributed by atoms with Crippen molar-refractivity contribution < 1.29 is 9.59 Å². The van der Waals surface area contributed by atoms with Crippen molar-refractivity contribution in [3.8, 4) is 0 Å². The van der Waals surface area contributed by atoms with E-state index in [4.69, 9.17) is 0 Å². The van der Waals surface area contributed by atoms with Gasteiger partial charge in [0, 0.05) is 31.0 Å². The second kappa shape index (κ2) is 11.9. The van der Waals surface area contributed by atoms with E-state index >= 15 is 0 Å². The first-order valence-electron chi connectivity index (χ1n) is 12.6. The second-order valence-corrected chi connectivity index (χ2v) is 24.8. The molecule has 0 radical (unpaired) electrons. The molecule has 4 aromatic rings. The van der Waals surface area contributed by atoms with E-state index in [0.29, 0.717) is 24.0 Å². The maximum Gasteiger partial charge on any atom is 0.222 e. The van der Waals surface area contributed by atoms with Gasteiger partial charge in [-0.3, -0.25) is 9.78 Å². The molecular weight excluding hydrogens is 585 g/mol. The molecule has 1 fully saturated rings. The molecule has 10 heteroatoms. The monoisotopic (exact) mass is 619 g/mol. The van der Waals surface area contributed by atoms with Gasteiger partial charge in [0.2, 0.25) is 5.91 Å². The zero-order valence-corrected chi connectivity index (χ0v) is 25.3. The quantitative estimate of drug-likeness (QED) is 0.307. The largest absolute Gasteiger partial charge is 0.311 e. The number of nitrogens with one attached hydrogen (secondary N) is 2. The van der Waals surface area contributed by atoms with E-state index in [1.54, 1.807) is 0 Å². The number of anilines is 2. The van der Waals surface area contributed by atoms with Crippen LogP contribution in [0.15, 0.2) is 55.2 Å². The standard InChI is InChI=1S/C19H18N4O.C6H6N3O.3CH3.Sn/c1-12(24)23-19-9-17(21-11-22-19)7-13-2-5-18-15(6-13)8-16(10-20-18)14-3-4-14;1-5(10)9-6-2-3-7-4-8-6;;;;/h2,5-6,8-11,14H,3-4,7H2,1H3,(H,21,22,23,24);2,4H,1H3,(H,7,8,9,10);3*1H3;. The molecule has 3 heterocycles. The molecule has 0 spiro atoms. The van der Waals surface area contributed by atoms with Crippen LogP contribution in [0.3, 0.4) is 0 Å². The van der Waals surface area contributed by atoms with Crippen LogP contribution in [-0.4, -0.2) is 55.1 Å². The normalized spacial score (nSPS) is 12.9. The molecule has 2 N–H and O–H groups in total. The van der Waals surface area contributed by atoms with Gasteiger partial charge in [-0.25, -0.2) is 9.97 Å². The summed E-state index contributed by atoms with van der Waals surface area (Å²) in [4.78, 5) is 49.9. The summed E-state index contributed by atoms with van der Waals surface area (Å²) in [6, 6.07) is 12.3. The summed E-state index contributed by atoms with van der Waals surface area (Å²) in [6.07, 6.45) is 8.25. The van der Waals surface area contributed by atoms with Crippen LogP contribution in [0.2, 0.25) is 14.8 Å². The fraction of sp³-hybridized carbons (Fsp3) is 0.321. The van der Waals surface area contributed by atoms with Gasteiger partial charge in [0.15, 0.2) is 0 Å². The summed E-state index contributed by atoms with van der Waals surface area (Å²) < 4.78 is 1.12. The van der Waals surface area contributed by atoms with Crippen molar-refractivity contribution in [3.63, 3.8) is 0 Å². The molecule has 3 aromatic heterocycles. The van der Waals surface area contributed by atoms with E-state index in [2.05, 4.69) is 74.6 Å². The van der Waals surface area contributed by atoms with Crippen molar-refractivity contribution >= 4 is 56.4 Å². The fourth-order valence-electron chi connectivity index (χ4n) is 3.92. The Morgan fingerprint density at radius 2 is 1.50 bits per heavy atom. The number of benzene rings is 1. The number of aromatic nitrogens is 5. The summed E-state index contributed by atoms with van der Waals surface area (Å²) in [5, 5.41) is 6.52. The number of hydrogen-bond donors (Lipinski definition) is 2. The molecular formula is C28H33N7O2Sn. The summed E-state index contributed by atoms with van der Waals surface area (Å²) in [5.74, 6) is 1.61. The summed E-state index contributed by atoms with van der Waals surface area (Å²) in [6.45, 7) is 2.94. The minimum atomic E-state index is -2.13. The van der Waals surface area contributed by atoms with Gasteiger partial charge >= 0.3 is 88.0 Å². The van der Waals surface area contributed by atoms with Crippen LogP contribution in [0.25, 0.3) is 10.9 Å². The number of hydrogen-bond acceptors (Lipinski definition) is 7. The first-order chi connectivity index (χ1) is 18.1. The van der Waals surface area contributed by atoms with E-state index in [1.165, 1.54) is 55.9 Å². The van der Waals surface area contributed by atoms with Gasteiger partial charge in [-0.1, -0.05) is 6.07 Å². The van der Waals surface area contributed by atoms with Crippen molar-refractivity contribution in [2.45, 2.75) is 53.8 Å². The Hall–Kier alpha value is -3.47. The zero-order valence-electron chi connectivity index (χ0n) is 22.4. The van der Waals surface area contributed by atoms with Crippen LogP contribution in [0.4, 0.5) is 11.6 Å². The van der Waals surface area contributed by atoms with Crippen molar-refractivity contribution in [3.05, 3.63) is 72.1 Å². The Morgan fingerprint density at radius 3 is 2.13 bits per heavy atom. The molecule has 1 aliphatic carbocycles. The number of carbonyl (C=O) groups excluding carboxylic acids is 2. The number of amides is 2. The van der Waals surface area contributed by atoms with Gasteiger partial charge in [-0.05, 0) is 48.1 Å². The molecule has 38 heavy (non-hydrogen) atoms. The molecule has 196 valence electrons. The molecule has 1 aliphatic rings. The molecule has 0 bridgehead atoms. The van der Waals surface area contributed by atoms with Crippen LogP contribution >= 0.6 is 0 Å². The van der Waals surface area contributed by atoms with Crippen molar-refractivity contribution in [1.29, 1.82) is 0 Å². The number of nitrogens with zero attached hydrogens (tertiary/aromatic N) is 5. The van der Waals surface area contributed by atoms with E-state index in [-0.39, 0.29) is 11.8 Å². The third kappa shape index (κ3) is 8.01. The first-order valence-corrected chi connectivity index (χ1v) is 22.6. The third-order valence-electron chi connectivity index (χ3n) is 5.97. The van der Waals surface area contributed by atoms with Gasteiger partial charge in [-0.15, -0.1) is 0 Å². The second-order valence-electron chi connectivity index (χ2n) is 10.5. The average molecular weight is 618 g/mol. The van der Waals surface area contributed by atoms with E-state index < -0.39 is 18.4 Å². The Bertz CT molecular complexity index is 1470. The SMILES string of the molecule is CC(=O)Nc1c[c]([Sn]([CH3])([CH3])[CH3])ncn1.CC(=O)Nc1cc(Cc2ccc3ncc(C4CC4)cc3c2)ncn1. The van der Waals surface area contributed by atoms with Gasteiger partial charge in [0.25, 0.3) is 0 Å². The number of carbonyl (C=O) groups is 2. The summed E-state index contributed by atoms with van der Waals surface area (Å²) in [5.41, 5.74) is 4.41. The molecule has 1 saturated carbocycles. The Kier molecular flexibility index (Phi) is 8.65. The van der Waals surface area contributed by atoms with Crippen molar-refractivity contribution in [2.24, 2.45) is 0 Å². The summed E-state index contributed by atoms with van der Waals surface area (Å²) >= 11 is -2.13. The topological polar surface area (TPSA) is 123 Å². The molecule has 9 nitrogen and oxygen atoms in total. The predicted octanol–water partition coefficient (Wildman–Crippen LogP) is 4.43. The van der Waals surface area contributed by atoms with Crippen LogP contribution in [0, 0.1) is 0 Å². The Morgan fingerprint density at radius 1 is 0.842 bits per heavy atom. The van der Waals surface area contributed by atoms with Crippen LogP contribution in [0.1, 0.15) is 49.4 Å². The fourth-order valence-corrected chi connectivity index (χ4v) is 6.81. The Labute approximate surface area is 226 Å². The molecule has 2 amide bonds. The van der Waals surface area contributed by atoms with Crippen LogP contribution in [-0.2, 0) is 16.0 Å². The van der Waals surface area contributed by atoms with Gasteiger partial charge in [-0.2, -0.15) is 0 Å². The van der Waals surface area contributed by atoms with E-state index in [9.17, 15) is 9.59 Å². The van der Waals surface area contributed by atoms with E-state index in [0.717, 1.165) is 14.9 Å². The number of fused-ring (bicyclic) bond motifs is 1. The molecule has 0 unspecified atom stereocenters. The number of pyridine rings is 1. The Balaban J connectivity index is 0.000000206. The van der Waals surface area contributed by atoms with Gasteiger partial charge in [0.05, 0.1) is 11.2 Å². The molecule has 0 atom stereocenters. The molecule has 1 aromatic carbocycles. The minimum absolute atomic E-state index is 0.0984.